The molecule has 192 valence electrons. The largest absolute Gasteiger partial charge is 0.507 e. The van der Waals surface area contributed by atoms with Crippen LogP contribution in [0.1, 0.15) is 28.5 Å². The van der Waals surface area contributed by atoms with E-state index in [0.717, 1.165) is 11.6 Å². The number of methoxy groups -OCH3 is 1. The van der Waals surface area contributed by atoms with Crippen molar-refractivity contribution in [3.8, 4) is 11.5 Å². The number of hydrogen-bond acceptors (Lipinski definition) is 6. The molecule has 0 bridgehead atoms. The number of carbonyl (C=O) groups excluding carboxylic acids is 2. The second kappa shape index (κ2) is 10.6. The minimum absolute atomic E-state index is 0.00223. The van der Waals surface area contributed by atoms with Gasteiger partial charge in [-0.25, -0.2) is 4.39 Å². The molecule has 1 aliphatic heterocycles. The van der Waals surface area contributed by atoms with Crippen LogP contribution in [0, 0.1) is 5.82 Å². The topological polar surface area (TPSA) is 89.2 Å². The zero-order chi connectivity index (χ0) is 26.6. The van der Waals surface area contributed by atoms with E-state index >= 15 is 0 Å². The molecule has 38 heavy (non-hydrogen) atoms. The summed E-state index contributed by atoms with van der Waals surface area (Å²) in [6.07, 6.45) is 1.47. The van der Waals surface area contributed by atoms with Crippen LogP contribution in [0.3, 0.4) is 0 Å². The van der Waals surface area contributed by atoms with Crippen molar-refractivity contribution >= 4 is 17.4 Å². The van der Waals surface area contributed by atoms with Gasteiger partial charge in [-0.3, -0.25) is 9.59 Å². The fourth-order valence-electron chi connectivity index (χ4n) is 4.42. The number of rotatable bonds is 8. The Bertz CT molecular complexity index is 1480. The van der Waals surface area contributed by atoms with E-state index in [1.807, 2.05) is 30.3 Å². The van der Waals surface area contributed by atoms with Crippen molar-refractivity contribution in [3.05, 3.63) is 125 Å². The first-order valence-electron chi connectivity index (χ1n) is 11.9. The molecule has 2 heterocycles. The van der Waals surface area contributed by atoms with Crippen molar-refractivity contribution in [1.29, 1.82) is 0 Å². The van der Waals surface area contributed by atoms with Gasteiger partial charge >= 0.3 is 0 Å². The number of benzene rings is 3. The van der Waals surface area contributed by atoms with E-state index in [9.17, 15) is 19.1 Å². The summed E-state index contributed by atoms with van der Waals surface area (Å²) in [5.41, 5.74) is 1.48. The molecule has 0 radical (unpaired) electrons. The number of furan rings is 1. The first-order chi connectivity index (χ1) is 18.5. The molecule has 0 aliphatic carbocycles. The molecular formula is C30H24FNO6. The fraction of sp³-hybridized carbons (Fsp3) is 0.133. The van der Waals surface area contributed by atoms with Crippen LogP contribution in [0.15, 0.2) is 101 Å². The molecule has 5 rings (SSSR count). The summed E-state index contributed by atoms with van der Waals surface area (Å²) < 4.78 is 30.6. The summed E-state index contributed by atoms with van der Waals surface area (Å²) >= 11 is 0. The van der Waals surface area contributed by atoms with E-state index in [2.05, 4.69) is 0 Å². The van der Waals surface area contributed by atoms with Crippen molar-refractivity contribution in [2.75, 3.05) is 7.11 Å². The number of hydrogen-bond donors (Lipinski definition) is 1. The normalized spacial score (nSPS) is 16.6. The predicted octanol–water partition coefficient (Wildman–Crippen LogP) is 5.63. The lowest BCUT2D eigenvalue weighted by Crippen LogP contribution is -2.29. The molecule has 1 aliphatic rings. The second-order valence-electron chi connectivity index (χ2n) is 8.70. The Balaban J connectivity index is 1.52. The summed E-state index contributed by atoms with van der Waals surface area (Å²) in [4.78, 5) is 27.6. The van der Waals surface area contributed by atoms with E-state index in [1.54, 1.807) is 36.4 Å². The highest BCUT2D eigenvalue weighted by atomic mass is 19.1. The van der Waals surface area contributed by atoms with Crippen LogP contribution in [-0.2, 0) is 22.7 Å². The first-order valence-corrected chi connectivity index (χ1v) is 11.9. The molecule has 3 aromatic carbocycles. The number of aliphatic hydroxyl groups is 1. The van der Waals surface area contributed by atoms with E-state index in [0.29, 0.717) is 23.7 Å². The number of carbonyl (C=O) groups is 2. The molecule has 1 saturated heterocycles. The predicted molar refractivity (Wildman–Crippen MR) is 137 cm³/mol. The van der Waals surface area contributed by atoms with Gasteiger partial charge in [0.2, 0.25) is 0 Å². The number of aliphatic hydroxyl groups excluding tert-OH is 1. The van der Waals surface area contributed by atoms with E-state index in [-0.39, 0.29) is 23.4 Å². The number of halogens is 1. The van der Waals surface area contributed by atoms with Crippen molar-refractivity contribution in [3.63, 3.8) is 0 Å². The van der Waals surface area contributed by atoms with Crippen LogP contribution in [0.25, 0.3) is 5.76 Å². The van der Waals surface area contributed by atoms with Crippen molar-refractivity contribution in [1.82, 2.24) is 4.90 Å². The molecule has 1 aromatic heterocycles. The summed E-state index contributed by atoms with van der Waals surface area (Å²) in [5, 5.41) is 11.2. The smallest absolute Gasteiger partial charge is 0.296 e. The number of ether oxygens (including phenoxy) is 2. The maximum Gasteiger partial charge on any atom is 0.296 e. The summed E-state index contributed by atoms with van der Waals surface area (Å²) in [5.74, 6) is -1.82. The lowest BCUT2D eigenvalue weighted by atomic mass is 9.95. The molecule has 0 spiro atoms. The second-order valence-corrected chi connectivity index (χ2v) is 8.70. The Morgan fingerprint density at radius 3 is 2.42 bits per heavy atom. The number of ketones is 1. The standard InChI is InChI=1S/C30H24FNO6/c1-36-25-14-11-21(16-24(25)31)28(33)26-27(32(30(35)29(26)34)17-23-8-5-15-37-23)20-9-12-22(13-10-20)38-18-19-6-3-2-4-7-19/h2-16,27,33H,17-18H2,1H3/t27-/m1/s1. The van der Waals surface area contributed by atoms with Gasteiger partial charge in [0.25, 0.3) is 11.7 Å². The Labute approximate surface area is 218 Å². The maximum atomic E-state index is 14.4. The average molecular weight is 514 g/mol. The van der Waals surface area contributed by atoms with E-state index < -0.39 is 29.3 Å². The molecule has 1 atom stereocenters. The molecule has 0 saturated carbocycles. The third-order valence-electron chi connectivity index (χ3n) is 6.32. The van der Waals surface area contributed by atoms with Gasteiger partial charge < -0.3 is 23.9 Å². The highest BCUT2D eigenvalue weighted by Crippen LogP contribution is 2.41. The van der Waals surface area contributed by atoms with Crippen LogP contribution in [0.4, 0.5) is 4.39 Å². The molecule has 4 aromatic rings. The number of likely N-dealkylation sites (tertiary alicyclic amines) is 1. The van der Waals surface area contributed by atoms with Crippen molar-refractivity contribution in [2.24, 2.45) is 0 Å². The lowest BCUT2D eigenvalue weighted by Gasteiger charge is -2.24. The van der Waals surface area contributed by atoms with E-state index in [4.69, 9.17) is 13.9 Å². The number of amides is 1. The molecule has 0 unspecified atom stereocenters. The third-order valence-corrected chi connectivity index (χ3v) is 6.32. The maximum absolute atomic E-state index is 14.4. The number of Topliss-reactive ketones (excluding diaryl/α,β-unsaturated/α-hetero) is 1. The Morgan fingerprint density at radius 2 is 1.76 bits per heavy atom. The van der Waals surface area contributed by atoms with Gasteiger partial charge in [-0.1, -0.05) is 42.5 Å². The molecule has 7 nitrogen and oxygen atoms in total. The highest BCUT2D eigenvalue weighted by Gasteiger charge is 2.46. The average Bonchev–Trinajstić information content (AvgIpc) is 3.55. The Hall–Kier alpha value is -4.85. The minimum atomic E-state index is -0.937. The van der Waals surface area contributed by atoms with Gasteiger partial charge in [-0.15, -0.1) is 0 Å². The highest BCUT2D eigenvalue weighted by molar-refractivity contribution is 6.46. The van der Waals surface area contributed by atoms with Gasteiger partial charge in [-0.05, 0) is 53.6 Å². The molecule has 1 fully saturated rings. The van der Waals surface area contributed by atoms with Gasteiger partial charge in [0, 0.05) is 5.56 Å². The van der Waals surface area contributed by atoms with E-state index in [1.165, 1.54) is 30.4 Å². The molecule has 1 amide bonds. The molecule has 1 N–H and O–H groups in total. The SMILES string of the molecule is COc1ccc(C(O)=C2C(=O)C(=O)N(Cc3ccco3)[C@@H]2c2ccc(OCc3ccccc3)cc2)cc1F. The Morgan fingerprint density at radius 1 is 1.00 bits per heavy atom. The summed E-state index contributed by atoms with van der Waals surface area (Å²) in [6.45, 7) is 0.377. The van der Waals surface area contributed by atoms with Crippen molar-refractivity contribution < 1.29 is 33.0 Å². The van der Waals surface area contributed by atoms with Gasteiger partial charge in [0.15, 0.2) is 11.6 Å². The minimum Gasteiger partial charge on any atom is -0.507 e. The number of nitrogens with zero attached hydrogens (tertiary/aromatic N) is 1. The van der Waals surface area contributed by atoms with Gasteiger partial charge in [0.05, 0.1) is 31.5 Å². The van der Waals surface area contributed by atoms with Crippen LogP contribution in [-0.4, -0.2) is 28.8 Å². The fourth-order valence-corrected chi connectivity index (χ4v) is 4.42. The van der Waals surface area contributed by atoms with Crippen LogP contribution < -0.4 is 9.47 Å². The first kappa shape index (κ1) is 24.8. The summed E-state index contributed by atoms with van der Waals surface area (Å²) in [7, 11) is 1.32. The third kappa shape index (κ3) is 4.88. The monoisotopic (exact) mass is 513 g/mol. The van der Waals surface area contributed by atoms with Crippen LogP contribution in [0.5, 0.6) is 11.5 Å². The molecule has 8 heteroatoms. The quantitative estimate of drug-likeness (QED) is 0.187. The van der Waals surface area contributed by atoms with Crippen LogP contribution >= 0.6 is 0 Å². The lowest BCUT2D eigenvalue weighted by molar-refractivity contribution is -0.140. The molecular weight excluding hydrogens is 489 g/mol. The van der Waals surface area contributed by atoms with Gasteiger partial charge in [-0.2, -0.15) is 0 Å². The van der Waals surface area contributed by atoms with Crippen LogP contribution in [0.2, 0.25) is 0 Å². The van der Waals surface area contributed by atoms with Gasteiger partial charge in [0.1, 0.15) is 23.9 Å². The summed E-state index contributed by atoms with van der Waals surface area (Å²) in [6, 6.07) is 22.9. The van der Waals surface area contributed by atoms with Crippen molar-refractivity contribution in [2.45, 2.75) is 19.2 Å². The Kier molecular flexibility index (Phi) is 6.95. The zero-order valence-electron chi connectivity index (χ0n) is 20.5. The zero-order valence-corrected chi connectivity index (χ0v) is 20.5.